The Labute approximate surface area is 317 Å². The topological polar surface area (TPSA) is 193 Å². The number of ether oxygens (including phenoxy) is 4. The molecule has 0 spiro atoms. The zero-order valence-corrected chi connectivity index (χ0v) is 33.2. The molecule has 2 fully saturated rings. The lowest BCUT2D eigenvalue weighted by Crippen LogP contribution is -2.46. The molecule has 2 heterocycles. The molecule has 2 aliphatic rings. The fourth-order valence-corrected chi connectivity index (χ4v) is 5.83. The zero-order chi connectivity index (χ0) is 43.3. The Hall–Kier alpha value is -3.63. The van der Waals surface area contributed by atoms with E-state index in [1.165, 1.54) is 18.1 Å². The molecular weight excluding hydrogens is 774 g/mol. The highest BCUT2D eigenvalue weighted by molar-refractivity contribution is 7.87. The first-order valence-electron chi connectivity index (χ1n) is 16.8. The fourth-order valence-electron chi connectivity index (χ4n) is 5.38. The van der Waals surface area contributed by atoms with Crippen LogP contribution in [0.5, 0.6) is 0 Å². The lowest BCUT2D eigenvalue weighted by Gasteiger charge is -2.28. The Balaban J connectivity index is 0.000000867. The van der Waals surface area contributed by atoms with Crippen LogP contribution in [0.2, 0.25) is 0 Å². The van der Waals surface area contributed by atoms with Crippen molar-refractivity contribution in [1.29, 1.82) is 0 Å². The molecule has 0 aromatic carbocycles. The maximum Gasteiger partial charge on any atom is 0.523 e. The second-order valence-electron chi connectivity index (χ2n) is 14.2. The molecular formula is C33H54F6N4O11S. The Morgan fingerprint density at radius 3 is 1.51 bits per heavy atom. The van der Waals surface area contributed by atoms with Crippen molar-refractivity contribution in [3.05, 3.63) is 25.3 Å². The summed E-state index contributed by atoms with van der Waals surface area (Å²) in [5.74, 6) is -1.98. The minimum Gasteiger partial charge on any atom is -0.467 e. The highest BCUT2D eigenvalue weighted by Gasteiger charge is 2.50. The maximum atomic E-state index is 12.5. The molecule has 2 amide bonds. The molecule has 0 radical (unpaired) electrons. The summed E-state index contributed by atoms with van der Waals surface area (Å²) in [4.78, 5) is 51.2. The lowest BCUT2D eigenvalue weighted by molar-refractivity contribution is -0.147. The summed E-state index contributed by atoms with van der Waals surface area (Å²) in [7, 11) is -2.89. The maximum absolute atomic E-state index is 12.5. The molecule has 6 atom stereocenters. The number of carbonyl (C=O) groups excluding carboxylic acids is 4. The summed E-state index contributed by atoms with van der Waals surface area (Å²) in [6, 6.07) is -2.80. The minimum atomic E-state index is -5.35. The molecule has 2 rings (SSSR count). The number of amides is 2. The van der Waals surface area contributed by atoms with Gasteiger partial charge in [0, 0.05) is 37.0 Å². The smallest absolute Gasteiger partial charge is 0.467 e. The van der Waals surface area contributed by atoms with Crippen molar-refractivity contribution < 1.29 is 77.1 Å². The number of nitrogens with one attached hydrogen (secondary N) is 1. The van der Waals surface area contributed by atoms with E-state index in [-0.39, 0.29) is 31.5 Å². The van der Waals surface area contributed by atoms with Crippen LogP contribution in [0.25, 0.3) is 0 Å². The Morgan fingerprint density at radius 2 is 1.18 bits per heavy atom. The van der Waals surface area contributed by atoms with Gasteiger partial charge in [0.25, 0.3) is 0 Å². The van der Waals surface area contributed by atoms with Crippen molar-refractivity contribution in [2.24, 2.45) is 17.6 Å². The van der Waals surface area contributed by atoms with Gasteiger partial charge >= 0.3 is 45.9 Å². The summed E-state index contributed by atoms with van der Waals surface area (Å²) >= 11 is 0. The van der Waals surface area contributed by atoms with Gasteiger partial charge in [0.1, 0.15) is 23.3 Å². The van der Waals surface area contributed by atoms with Crippen LogP contribution < -0.4 is 11.1 Å². The first-order valence-corrected chi connectivity index (χ1v) is 18.2. The SMILES string of the molecule is C=CC[C@@H]1[C@@H](NCC(F)(F)F)CN(C(=O)OC(C)(C)C)[C@@H]1C(=O)OC.C=CC[C@H]1[C@@H](C(=O)OC)N(C(=O)OC(C)(C)C)C[C@@H]1N.CCOS(=O)(=O)C(F)(F)F. The third-order valence-electron chi connectivity index (χ3n) is 7.49. The first kappa shape index (κ1) is 51.4. The number of likely N-dealkylation sites (tertiary alicyclic amines) is 2. The number of nitrogens with zero attached hydrogens (tertiary/aromatic N) is 2. The van der Waals surface area contributed by atoms with Gasteiger partial charge in [-0.25, -0.2) is 19.2 Å². The number of rotatable bonds is 10. The number of hydrogen-bond acceptors (Lipinski definition) is 13. The summed E-state index contributed by atoms with van der Waals surface area (Å²) in [5.41, 5.74) is -0.697. The third kappa shape index (κ3) is 17.0. The Kier molecular flexibility index (Phi) is 19.7. The first-order chi connectivity index (χ1) is 24.9. The van der Waals surface area contributed by atoms with Crippen molar-refractivity contribution in [2.45, 2.75) is 108 Å². The molecule has 55 heavy (non-hydrogen) atoms. The van der Waals surface area contributed by atoms with Gasteiger partial charge in [-0.1, -0.05) is 12.2 Å². The summed E-state index contributed by atoms with van der Waals surface area (Å²) in [6.07, 6.45) is -1.74. The van der Waals surface area contributed by atoms with Gasteiger partial charge < -0.3 is 30.0 Å². The fraction of sp³-hybridized carbons (Fsp3) is 0.758. The van der Waals surface area contributed by atoms with Gasteiger partial charge in [0.05, 0.1) is 27.4 Å². The van der Waals surface area contributed by atoms with Crippen LogP contribution in [0.15, 0.2) is 25.3 Å². The van der Waals surface area contributed by atoms with Crippen LogP contribution in [0.1, 0.15) is 61.3 Å². The number of hydrogen-bond donors (Lipinski definition) is 2. The van der Waals surface area contributed by atoms with E-state index in [4.69, 9.17) is 24.7 Å². The van der Waals surface area contributed by atoms with E-state index in [9.17, 15) is 53.9 Å². The Bertz CT molecular complexity index is 1420. The number of carbonyl (C=O) groups is 4. The number of esters is 2. The van der Waals surface area contributed by atoms with E-state index in [1.807, 2.05) is 0 Å². The van der Waals surface area contributed by atoms with Gasteiger partial charge in [0.15, 0.2) is 0 Å². The molecule has 0 bridgehead atoms. The molecule has 0 aromatic heterocycles. The quantitative estimate of drug-likeness (QED) is 0.0772. The number of nitrogens with two attached hydrogens (primary N) is 1. The summed E-state index contributed by atoms with van der Waals surface area (Å²) in [5, 5.41) is 2.38. The van der Waals surface area contributed by atoms with Gasteiger partial charge in [-0.2, -0.15) is 34.8 Å². The van der Waals surface area contributed by atoms with Crippen LogP contribution in [-0.2, 0) is 42.8 Å². The van der Waals surface area contributed by atoms with Crippen molar-refractivity contribution in [3.8, 4) is 0 Å². The predicted octanol–water partition coefficient (Wildman–Crippen LogP) is 4.66. The average Bonchev–Trinajstić information content (AvgIpc) is 3.55. The third-order valence-corrected chi connectivity index (χ3v) is 8.60. The predicted molar refractivity (Wildman–Crippen MR) is 187 cm³/mol. The van der Waals surface area contributed by atoms with Gasteiger partial charge in [-0.15, -0.1) is 13.2 Å². The molecule has 22 heteroatoms. The second kappa shape index (κ2) is 21.1. The average molecular weight is 829 g/mol. The second-order valence-corrected chi connectivity index (χ2v) is 15.8. The lowest BCUT2D eigenvalue weighted by atomic mass is 9.92. The molecule has 0 saturated carbocycles. The minimum absolute atomic E-state index is 0.0940. The number of halogens is 6. The van der Waals surface area contributed by atoms with Crippen molar-refractivity contribution >= 4 is 34.2 Å². The highest BCUT2D eigenvalue weighted by atomic mass is 32.2. The summed E-state index contributed by atoms with van der Waals surface area (Å²) in [6.45, 7) is 17.1. The number of allylic oxidation sites excluding steroid dienone is 2. The Morgan fingerprint density at radius 1 is 0.782 bits per heavy atom. The molecule has 2 aliphatic heterocycles. The largest absolute Gasteiger partial charge is 0.523 e. The number of alkyl halides is 6. The molecule has 0 unspecified atom stereocenters. The van der Waals surface area contributed by atoms with Gasteiger partial charge in [-0.3, -0.25) is 14.0 Å². The van der Waals surface area contributed by atoms with Crippen LogP contribution >= 0.6 is 0 Å². The van der Waals surface area contributed by atoms with Crippen molar-refractivity contribution in [2.75, 3.05) is 40.5 Å². The van der Waals surface area contributed by atoms with E-state index in [2.05, 4.69) is 22.7 Å². The molecule has 15 nitrogen and oxygen atoms in total. The van der Waals surface area contributed by atoms with Gasteiger partial charge in [-0.05, 0) is 61.3 Å². The summed E-state index contributed by atoms with van der Waals surface area (Å²) < 4.78 is 115. The number of methoxy groups -OCH3 is 2. The van der Waals surface area contributed by atoms with Crippen LogP contribution in [-0.4, -0.2) is 130 Å². The van der Waals surface area contributed by atoms with Crippen LogP contribution in [0, 0.1) is 11.8 Å². The molecule has 3 N–H and O–H groups in total. The van der Waals surface area contributed by atoms with Crippen LogP contribution in [0.3, 0.4) is 0 Å². The van der Waals surface area contributed by atoms with E-state index >= 15 is 0 Å². The van der Waals surface area contributed by atoms with E-state index in [0.717, 1.165) is 18.9 Å². The zero-order valence-electron chi connectivity index (χ0n) is 32.4. The molecule has 2 saturated heterocycles. The van der Waals surface area contributed by atoms with Crippen molar-refractivity contribution in [1.82, 2.24) is 15.1 Å². The molecule has 0 aliphatic carbocycles. The highest BCUT2D eigenvalue weighted by Crippen LogP contribution is 2.32. The molecule has 0 aromatic rings. The normalized spacial score (nSPS) is 23.0. The monoisotopic (exact) mass is 828 g/mol. The van der Waals surface area contributed by atoms with Gasteiger partial charge in [0.2, 0.25) is 0 Å². The van der Waals surface area contributed by atoms with E-state index in [0.29, 0.717) is 6.42 Å². The van der Waals surface area contributed by atoms with E-state index in [1.54, 1.807) is 47.6 Å². The molecule has 320 valence electrons. The van der Waals surface area contributed by atoms with Crippen molar-refractivity contribution in [3.63, 3.8) is 0 Å². The standard InChI is InChI=1S/C16H25F3N2O4.C14H24N2O4.C3H5F3O3S/c1-6-7-10-11(20-9-16(17,18)19)8-21(12(10)13(22)24-5)14(23)25-15(2,3)4;1-6-7-9-10(15)8-16(11(9)12(17)19-5)13(18)20-14(2,3)4;1-2-9-10(7,8)3(4,5)6/h6,10-12,20H,1,7-9H2,2-5H3;6,9-11H,1,7-8,15H2,2-5H3;2H2,1H3/t10-,11+,12+;9-,10+,11+;/m11./s1. The van der Waals surface area contributed by atoms with Crippen LogP contribution in [0.4, 0.5) is 35.9 Å². The van der Waals surface area contributed by atoms with E-state index < -0.39 is 94.3 Å².